The van der Waals surface area contributed by atoms with Crippen molar-refractivity contribution in [1.82, 2.24) is 9.88 Å². The van der Waals surface area contributed by atoms with Crippen molar-refractivity contribution in [3.63, 3.8) is 0 Å². The van der Waals surface area contributed by atoms with E-state index < -0.39 is 5.41 Å². The van der Waals surface area contributed by atoms with Gasteiger partial charge in [0.15, 0.2) is 0 Å². The molecule has 2 fully saturated rings. The summed E-state index contributed by atoms with van der Waals surface area (Å²) in [5.74, 6) is 1.02. The Bertz CT molecular complexity index is 729. The Morgan fingerprint density at radius 3 is 2.58 bits per heavy atom. The number of likely N-dealkylation sites (tertiary alicyclic amines) is 1. The van der Waals surface area contributed by atoms with Crippen LogP contribution in [0.3, 0.4) is 0 Å². The first-order valence-corrected chi connectivity index (χ1v) is 9.27. The molecule has 1 aromatic carbocycles. The Kier molecular flexibility index (Phi) is 4.89. The molecule has 5 heteroatoms. The van der Waals surface area contributed by atoms with Crippen molar-refractivity contribution in [2.24, 2.45) is 0 Å². The molecule has 2 aromatic rings. The Balaban J connectivity index is 1.50. The third-order valence-electron chi connectivity index (χ3n) is 5.47. The van der Waals surface area contributed by atoms with E-state index >= 15 is 0 Å². The average molecular weight is 352 g/mol. The monoisotopic (exact) mass is 352 g/mol. The van der Waals surface area contributed by atoms with Crippen LogP contribution in [0, 0.1) is 0 Å². The first kappa shape index (κ1) is 17.0. The minimum atomic E-state index is -0.467. The molecule has 1 amide bonds. The Morgan fingerprint density at radius 2 is 1.85 bits per heavy atom. The molecule has 0 N–H and O–H groups in total. The second-order valence-electron chi connectivity index (χ2n) is 7.02. The topological polar surface area (TPSA) is 51.7 Å². The minimum absolute atomic E-state index is 0.0361. The SMILES string of the molecule is O=C(N1CC[C@H](Oc2ccncc2)C1)C1(c2ccccc2)CCOCC1. The lowest BCUT2D eigenvalue weighted by Gasteiger charge is -2.39. The molecular formula is C21H24N2O3. The molecule has 0 bridgehead atoms. The number of aromatic nitrogens is 1. The predicted molar refractivity (Wildman–Crippen MR) is 98.0 cm³/mol. The average Bonchev–Trinajstić information content (AvgIpc) is 3.18. The van der Waals surface area contributed by atoms with Crippen LogP contribution in [0.1, 0.15) is 24.8 Å². The highest BCUT2D eigenvalue weighted by atomic mass is 16.5. The molecule has 1 aromatic heterocycles. The van der Waals surface area contributed by atoms with Crippen molar-refractivity contribution in [3.05, 3.63) is 60.4 Å². The number of rotatable bonds is 4. The number of carbonyl (C=O) groups excluding carboxylic acids is 1. The number of hydrogen-bond donors (Lipinski definition) is 0. The first-order chi connectivity index (χ1) is 12.8. The second kappa shape index (κ2) is 7.46. The van der Waals surface area contributed by atoms with E-state index in [2.05, 4.69) is 17.1 Å². The molecule has 0 spiro atoms. The van der Waals surface area contributed by atoms with Crippen LogP contribution >= 0.6 is 0 Å². The quantitative estimate of drug-likeness (QED) is 0.849. The predicted octanol–water partition coefficient (Wildman–Crippen LogP) is 2.81. The van der Waals surface area contributed by atoms with Crippen LogP contribution in [0.15, 0.2) is 54.9 Å². The minimum Gasteiger partial charge on any atom is -0.488 e. The highest BCUT2D eigenvalue weighted by Gasteiger charge is 2.45. The van der Waals surface area contributed by atoms with Crippen LogP contribution in [-0.2, 0) is 14.9 Å². The summed E-state index contributed by atoms with van der Waals surface area (Å²) in [6.45, 7) is 2.64. The zero-order valence-corrected chi connectivity index (χ0v) is 14.8. The lowest BCUT2D eigenvalue weighted by atomic mass is 9.73. The fourth-order valence-corrected chi connectivity index (χ4v) is 4.02. The lowest BCUT2D eigenvalue weighted by Crippen LogP contribution is -2.49. The molecule has 2 aliphatic heterocycles. The number of amides is 1. The van der Waals surface area contributed by atoms with E-state index in [4.69, 9.17) is 9.47 Å². The highest BCUT2D eigenvalue weighted by Crippen LogP contribution is 2.37. The summed E-state index contributed by atoms with van der Waals surface area (Å²) >= 11 is 0. The van der Waals surface area contributed by atoms with Crippen LogP contribution in [0.25, 0.3) is 0 Å². The maximum Gasteiger partial charge on any atom is 0.233 e. The van der Waals surface area contributed by atoms with Crippen LogP contribution in [0.5, 0.6) is 5.75 Å². The van der Waals surface area contributed by atoms with Crippen LogP contribution in [0.2, 0.25) is 0 Å². The zero-order valence-electron chi connectivity index (χ0n) is 14.8. The largest absolute Gasteiger partial charge is 0.488 e. The van der Waals surface area contributed by atoms with Gasteiger partial charge in [-0.3, -0.25) is 9.78 Å². The lowest BCUT2D eigenvalue weighted by molar-refractivity contribution is -0.140. The standard InChI is InChI=1S/C21H24N2O3/c24-20(21(9-14-25-15-10-21)17-4-2-1-3-5-17)23-13-8-19(16-23)26-18-6-11-22-12-7-18/h1-7,11-12,19H,8-10,13-16H2/t19-/m0/s1. The number of hydrogen-bond acceptors (Lipinski definition) is 4. The van der Waals surface area contributed by atoms with E-state index in [1.807, 2.05) is 35.2 Å². The maximum atomic E-state index is 13.5. The van der Waals surface area contributed by atoms with Gasteiger partial charge in [-0.15, -0.1) is 0 Å². The number of ether oxygens (including phenoxy) is 2. The Morgan fingerprint density at radius 1 is 1.12 bits per heavy atom. The van der Waals surface area contributed by atoms with E-state index in [1.165, 1.54) is 0 Å². The second-order valence-corrected chi connectivity index (χ2v) is 7.02. The van der Waals surface area contributed by atoms with Gasteiger partial charge in [0.2, 0.25) is 5.91 Å². The maximum absolute atomic E-state index is 13.5. The van der Waals surface area contributed by atoms with Gasteiger partial charge in [-0.1, -0.05) is 30.3 Å². The highest BCUT2D eigenvalue weighted by molar-refractivity contribution is 5.88. The summed E-state index contributed by atoms with van der Waals surface area (Å²) in [6.07, 6.45) is 5.81. The molecule has 0 radical (unpaired) electrons. The van der Waals surface area contributed by atoms with Gasteiger partial charge >= 0.3 is 0 Å². The van der Waals surface area contributed by atoms with Gasteiger partial charge in [-0.05, 0) is 30.5 Å². The van der Waals surface area contributed by atoms with Gasteiger partial charge < -0.3 is 14.4 Å². The van der Waals surface area contributed by atoms with Gasteiger partial charge in [-0.2, -0.15) is 0 Å². The summed E-state index contributed by atoms with van der Waals surface area (Å²) in [5.41, 5.74) is 0.636. The summed E-state index contributed by atoms with van der Waals surface area (Å²) in [6, 6.07) is 13.9. The fraction of sp³-hybridized carbons (Fsp3) is 0.429. The number of benzene rings is 1. The summed E-state index contributed by atoms with van der Waals surface area (Å²) in [7, 11) is 0. The molecule has 26 heavy (non-hydrogen) atoms. The van der Waals surface area contributed by atoms with E-state index in [1.54, 1.807) is 12.4 Å². The number of nitrogens with zero attached hydrogens (tertiary/aromatic N) is 2. The third kappa shape index (κ3) is 3.31. The molecule has 0 saturated carbocycles. The first-order valence-electron chi connectivity index (χ1n) is 9.27. The van der Waals surface area contributed by atoms with Gasteiger partial charge in [0.1, 0.15) is 11.9 Å². The molecule has 2 aliphatic rings. The normalized spacial score (nSPS) is 22.2. The molecule has 5 nitrogen and oxygen atoms in total. The number of carbonyl (C=O) groups is 1. The number of pyridine rings is 1. The molecule has 1 atom stereocenters. The molecule has 3 heterocycles. The smallest absolute Gasteiger partial charge is 0.233 e. The molecule has 0 unspecified atom stereocenters. The molecule has 2 saturated heterocycles. The zero-order chi connectivity index (χ0) is 17.8. The summed E-state index contributed by atoms with van der Waals surface area (Å²) in [5, 5.41) is 0. The van der Waals surface area contributed by atoms with E-state index in [0.717, 1.165) is 37.1 Å². The molecular weight excluding hydrogens is 328 g/mol. The van der Waals surface area contributed by atoms with E-state index in [-0.39, 0.29) is 12.0 Å². The van der Waals surface area contributed by atoms with E-state index in [9.17, 15) is 4.79 Å². The Labute approximate surface area is 153 Å². The fourth-order valence-electron chi connectivity index (χ4n) is 4.02. The van der Waals surface area contributed by atoms with Crippen LogP contribution in [0.4, 0.5) is 0 Å². The van der Waals surface area contributed by atoms with Crippen molar-refractivity contribution in [3.8, 4) is 5.75 Å². The van der Waals surface area contributed by atoms with Crippen molar-refractivity contribution in [1.29, 1.82) is 0 Å². The van der Waals surface area contributed by atoms with E-state index in [0.29, 0.717) is 19.8 Å². The third-order valence-corrected chi connectivity index (χ3v) is 5.47. The van der Waals surface area contributed by atoms with Crippen molar-refractivity contribution >= 4 is 5.91 Å². The van der Waals surface area contributed by atoms with Crippen LogP contribution in [-0.4, -0.2) is 48.2 Å². The molecule has 136 valence electrons. The molecule has 4 rings (SSSR count). The Hall–Kier alpha value is -2.40. The molecule has 0 aliphatic carbocycles. The van der Waals surface area contributed by atoms with Gasteiger partial charge in [-0.25, -0.2) is 0 Å². The van der Waals surface area contributed by atoms with Crippen molar-refractivity contribution in [2.45, 2.75) is 30.8 Å². The van der Waals surface area contributed by atoms with Gasteiger partial charge in [0, 0.05) is 38.6 Å². The summed E-state index contributed by atoms with van der Waals surface area (Å²) in [4.78, 5) is 19.5. The van der Waals surface area contributed by atoms with Crippen LogP contribution < -0.4 is 4.74 Å². The van der Waals surface area contributed by atoms with Crippen molar-refractivity contribution < 1.29 is 14.3 Å². The van der Waals surface area contributed by atoms with Gasteiger partial charge in [0.25, 0.3) is 0 Å². The van der Waals surface area contributed by atoms with Gasteiger partial charge in [0.05, 0.1) is 12.0 Å². The van der Waals surface area contributed by atoms with Crippen molar-refractivity contribution in [2.75, 3.05) is 26.3 Å². The summed E-state index contributed by atoms with van der Waals surface area (Å²) < 4.78 is 11.6.